The van der Waals surface area contributed by atoms with Crippen molar-refractivity contribution in [3.05, 3.63) is 101 Å². The van der Waals surface area contributed by atoms with Crippen LogP contribution in [0.25, 0.3) is 5.76 Å². The number of ketones is 1. The lowest BCUT2D eigenvalue weighted by molar-refractivity contribution is -0.140. The topological polar surface area (TPSA) is 83.4 Å². The molecule has 0 bridgehead atoms. The second-order valence-corrected chi connectivity index (χ2v) is 6.91. The van der Waals surface area contributed by atoms with Gasteiger partial charge in [-0.25, -0.2) is 0 Å². The number of carbonyl (C=O) groups excluding carboxylic acids is 2. The maximum atomic E-state index is 12.9. The van der Waals surface area contributed by atoms with Crippen molar-refractivity contribution in [2.24, 2.45) is 0 Å². The average Bonchev–Trinajstić information content (AvgIpc) is 3.00. The van der Waals surface area contributed by atoms with Crippen molar-refractivity contribution in [1.82, 2.24) is 14.9 Å². The molecule has 1 amide bonds. The second kappa shape index (κ2) is 7.67. The zero-order chi connectivity index (χ0) is 20.4. The molecule has 6 heteroatoms. The average molecular weight is 385 g/mol. The molecule has 6 nitrogen and oxygen atoms in total. The highest BCUT2D eigenvalue weighted by Gasteiger charge is 2.46. The standard InChI is InChI=1S/C23H19N3O3/c1-15-7-9-17(10-8-15)21(27)19-20(18-6-2-3-12-25-18)26(23(29)22(19)28)14-16-5-4-11-24-13-16/h2-13,20,27H,14H2,1H3/t20-/m0/s1. The lowest BCUT2D eigenvalue weighted by Crippen LogP contribution is -2.29. The fourth-order valence-electron chi connectivity index (χ4n) is 3.44. The number of aryl methyl sites for hydroxylation is 1. The van der Waals surface area contributed by atoms with Crippen LogP contribution >= 0.6 is 0 Å². The number of nitrogens with zero attached hydrogens (tertiary/aromatic N) is 3. The number of aromatic nitrogens is 2. The van der Waals surface area contributed by atoms with E-state index in [9.17, 15) is 14.7 Å². The largest absolute Gasteiger partial charge is 0.507 e. The van der Waals surface area contributed by atoms with E-state index in [2.05, 4.69) is 9.97 Å². The number of likely N-dealkylation sites (tertiary alicyclic amines) is 1. The summed E-state index contributed by atoms with van der Waals surface area (Å²) in [7, 11) is 0. The molecule has 0 radical (unpaired) electrons. The van der Waals surface area contributed by atoms with Crippen LogP contribution in [0.1, 0.15) is 28.4 Å². The molecule has 29 heavy (non-hydrogen) atoms. The number of aliphatic hydroxyl groups is 1. The first-order chi connectivity index (χ1) is 14.1. The summed E-state index contributed by atoms with van der Waals surface area (Å²) < 4.78 is 0. The van der Waals surface area contributed by atoms with E-state index in [4.69, 9.17) is 0 Å². The van der Waals surface area contributed by atoms with Crippen molar-refractivity contribution in [3.63, 3.8) is 0 Å². The summed E-state index contributed by atoms with van der Waals surface area (Å²) in [5.41, 5.74) is 2.85. The molecule has 0 unspecified atom stereocenters. The molecule has 1 aliphatic rings. The van der Waals surface area contributed by atoms with E-state index in [1.54, 1.807) is 55.0 Å². The van der Waals surface area contributed by atoms with Crippen LogP contribution in [0.5, 0.6) is 0 Å². The molecule has 4 rings (SSSR count). The fourth-order valence-corrected chi connectivity index (χ4v) is 3.44. The van der Waals surface area contributed by atoms with Crippen molar-refractivity contribution in [3.8, 4) is 0 Å². The third kappa shape index (κ3) is 3.52. The number of benzene rings is 1. The van der Waals surface area contributed by atoms with Crippen LogP contribution in [0.15, 0.2) is 78.8 Å². The Bertz CT molecular complexity index is 1080. The maximum absolute atomic E-state index is 12.9. The Morgan fingerprint density at radius 1 is 1.03 bits per heavy atom. The number of carbonyl (C=O) groups is 2. The molecule has 0 saturated carbocycles. The van der Waals surface area contributed by atoms with Gasteiger partial charge in [-0.3, -0.25) is 19.6 Å². The molecule has 1 aliphatic heterocycles. The second-order valence-electron chi connectivity index (χ2n) is 6.91. The lowest BCUT2D eigenvalue weighted by atomic mass is 9.98. The maximum Gasteiger partial charge on any atom is 0.296 e. The summed E-state index contributed by atoms with van der Waals surface area (Å²) in [5, 5.41) is 11.0. The molecule has 1 N–H and O–H groups in total. The Kier molecular flexibility index (Phi) is 4.91. The number of aliphatic hydroxyl groups excluding tert-OH is 1. The van der Waals surface area contributed by atoms with E-state index in [1.165, 1.54) is 4.90 Å². The molecular weight excluding hydrogens is 366 g/mol. The Morgan fingerprint density at radius 3 is 2.48 bits per heavy atom. The van der Waals surface area contributed by atoms with Crippen LogP contribution in [0, 0.1) is 6.92 Å². The highest BCUT2D eigenvalue weighted by molar-refractivity contribution is 6.46. The fraction of sp³-hybridized carbons (Fsp3) is 0.130. The van der Waals surface area contributed by atoms with Crippen molar-refractivity contribution in [2.45, 2.75) is 19.5 Å². The zero-order valence-corrected chi connectivity index (χ0v) is 15.8. The van der Waals surface area contributed by atoms with E-state index < -0.39 is 17.7 Å². The predicted octanol–water partition coefficient (Wildman–Crippen LogP) is 3.41. The Labute approximate surface area is 168 Å². The van der Waals surface area contributed by atoms with Gasteiger partial charge >= 0.3 is 0 Å². The zero-order valence-electron chi connectivity index (χ0n) is 15.8. The number of rotatable bonds is 4. The minimum atomic E-state index is -0.780. The Hall–Kier alpha value is -3.80. The summed E-state index contributed by atoms with van der Waals surface area (Å²) in [6, 6.07) is 15.3. The molecule has 3 heterocycles. The van der Waals surface area contributed by atoms with Crippen molar-refractivity contribution >= 4 is 17.4 Å². The summed E-state index contributed by atoms with van der Waals surface area (Å²) in [4.78, 5) is 35.7. The minimum Gasteiger partial charge on any atom is -0.507 e. The van der Waals surface area contributed by atoms with Gasteiger partial charge in [0.2, 0.25) is 0 Å². The van der Waals surface area contributed by atoms with E-state index in [1.807, 2.05) is 25.1 Å². The van der Waals surface area contributed by atoms with Gasteiger partial charge < -0.3 is 10.0 Å². The molecule has 2 aromatic heterocycles. The van der Waals surface area contributed by atoms with Crippen LogP contribution in [0.4, 0.5) is 0 Å². The molecule has 1 atom stereocenters. The number of pyridine rings is 2. The van der Waals surface area contributed by atoms with Gasteiger partial charge in [0.15, 0.2) is 0 Å². The Balaban J connectivity index is 1.85. The first-order valence-electron chi connectivity index (χ1n) is 9.21. The van der Waals surface area contributed by atoms with Gasteiger partial charge in [-0.2, -0.15) is 0 Å². The molecule has 1 fully saturated rings. The van der Waals surface area contributed by atoms with Gasteiger partial charge in [0.1, 0.15) is 11.8 Å². The molecule has 144 valence electrons. The first kappa shape index (κ1) is 18.6. The lowest BCUT2D eigenvalue weighted by Gasteiger charge is -2.24. The minimum absolute atomic E-state index is 0.0430. The van der Waals surface area contributed by atoms with E-state index in [0.29, 0.717) is 11.3 Å². The summed E-state index contributed by atoms with van der Waals surface area (Å²) in [5.74, 6) is -1.59. The van der Waals surface area contributed by atoms with Gasteiger partial charge in [-0.15, -0.1) is 0 Å². The normalized spacial score (nSPS) is 18.2. The molecule has 0 spiro atoms. The SMILES string of the molecule is Cc1ccc(C(O)=C2C(=O)C(=O)N(Cc3cccnc3)[C@H]2c2ccccn2)cc1. The highest BCUT2D eigenvalue weighted by Crippen LogP contribution is 2.39. The highest BCUT2D eigenvalue weighted by atomic mass is 16.3. The smallest absolute Gasteiger partial charge is 0.296 e. The molecule has 0 aliphatic carbocycles. The summed E-state index contributed by atoms with van der Waals surface area (Å²) >= 11 is 0. The monoisotopic (exact) mass is 385 g/mol. The van der Waals surface area contributed by atoms with Gasteiger partial charge in [0, 0.05) is 30.7 Å². The Morgan fingerprint density at radius 2 is 1.83 bits per heavy atom. The van der Waals surface area contributed by atoms with Gasteiger partial charge in [0.25, 0.3) is 11.7 Å². The van der Waals surface area contributed by atoms with Crippen molar-refractivity contribution in [2.75, 3.05) is 0 Å². The van der Waals surface area contributed by atoms with Crippen LogP contribution in [0.3, 0.4) is 0 Å². The van der Waals surface area contributed by atoms with Crippen LogP contribution in [-0.4, -0.2) is 31.7 Å². The molecule has 1 saturated heterocycles. The molecule has 1 aromatic carbocycles. The van der Waals surface area contributed by atoms with Crippen LogP contribution < -0.4 is 0 Å². The number of hydrogen-bond acceptors (Lipinski definition) is 5. The van der Waals surface area contributed by atoms with E-state index >= 15 is 0 Å². The van der Waals surface area contributed by atoms with E-state index in [0.717, 1.165) is 11.1 Å². The van der Waals surface area contributed by atoms with Crippen molar-refractivity contribution in [1.29, 1.82) is 0 Å². The van der Waals surface area contributed by atoms with Crippen LogP contribution in [-0.2, 0) is 16.1 Å². The van der Waals surface area contributed by atoms with Gasteiger partial charge in [-0.05, 0) is 30.7 Å². The molecular formula is C23H19N3O3. The predicted molar refractivity (Wildman–Crippen MR) is 107 cm³/mol. The van der Waals surface area contributed by atoms with Crippen molar-refractivity contribution < 1.29 is 14.7 Å². The summed E-state index contributed by atoms with van der Waals surface area (Å²) in [6.07, 6.45) is 4.89. The molecule has 3 aromatic rings. The summed E-state index contributed by atoms with van der Waals surface area (Å²) in [6.45, 7) is 2.12. The quantitative estimate of drug-likeness (QED) is 0.423. The first-order valence-corrected chi connectivity index (χ1v) is 9.21. The third-order valence-electron chi connectivity index (χ3n) is 4.91. The third-order valence-corrected chi connectivity index (χ3v) is 4.91. The number of Topliss-reactive ketones (excluding diaryl/α,β-unsaturated/α-hetero) is 1. The number of hydrogen-bond donors (Lipinski definition) is 1. The van der Waals surface area contributed by atoms with Gasteiger partial charge in [0.05, 0.1) is 11.3 Å². The number of amides is 1. The van der Waals surface area contributed by atoms with Gasteiger partial charge in [-0.1, -0.05) is 42.0 Å². The van der Waals surface area contributed by atoms with Crippen LogP contribution in [0.2, 0.25) is 0 Å². The van der Waals surface area contributed by atoms with E-state index in [-0.39, 0.29) is 17.9 Å².